The summed E-state index contributed by atoms with van der Waals surface area (Å²) in [4.78, 5) is 36.0. The van der Waals surface area contributed by atoms with Crippen LogP contribution >= 0.6 is 0 Å². The molecule has 21 heavy (non-hydrogen) atoms. The number of amides is 2. The Morgan fingerprint density at radius 2 is 2.14 bits per heavy atom. The number of nitrogens with zero attached hydrogens (tertiary/aromatic N) is 2. The second-order valence-corrected chi connectivity index (χ2v) is 4.14. The number of rotatable bonds is 6. The first-order chi connectivity index (χ1) is 9.83. The number of nitro groups is 1. The lowest BCUT2D eigenvalue weighted by atomic mass is 10.2. The van der Waals surface area contributed by atoms with E-state index in [9.17, 15) is 19.7 Å². The molecule has 1 rings (SSSR count). The molecule has 0 bridgehead atoms. The number of carbonyl (C=O) groups is 2. The third-order valence-electron chi connectivity index (χ3n) is 2.50. The molecule has 10 heteroatoms. The van der Waals surface area contributed by atoms with E-state index in [1.807, 2.05) is 5.32 Å². The van der Waals surface area contributed by atoms with Gasteiger partial charge in [0, 0.05) is 12.5 Å². The van der Waals surface area contributed by atoms with Gasteiger partial charge in [-0.15, -0.1) is 0 Å². The van der Waals surface area contributed by atoms with E-state index in [-0.39, 0.29) is 23.6 Å². The van der Waals surface area contributed by atoms with Crippen molar-refractivity contribution in [3.05, 3.63) is 27.9 Å². The molecule has 0 aromatic carbocycles. The minimum absolute atomic E-state index is 0.107. The van der Waals surface area contributed by atoms with Crippen molar-refractivity contribution in [1.29, 1.82) is 0 Å². The molecule has 0 saturated heterocycles. The fourth-order valence-corrected chi connectivity index (χ4v) is 1.57. The van der Waals surface area contributed by atoms with Gasteiger partial charge >= 0.3 is 6.09 Å². The number of aliphatic hydroxyl groups is 1. The lowest BCUT2D eigenvalue weighted by Crippen LogP contribution is -2.39. The minimum Gasteiger partial charge on any atom is -0.465 e. The number of hydrogen-bond acceptors (Lipinski definition) is 6. The molecule has 1 aromatic heterocycles. The molecule has 0 aliphatic carbocycles. The molecular weight excluding hydrogens is 284 g/mol. The lowest BCUT2D eigenvalue weighted by molar-refractivity contribution is -0.385. The van der Waals surface area contributed by atoms with Crippen LogP contribution in [-0.4, -0.2) is 44.8 Å². The van der Waals surface area contributed by atoms with Crippen LogP contribution in [0.25, 0.3) is 0 Å². The summed E-state index contributed by atoms with van der Waals surface area (Å²) in [5, 5.41) is 32.4. The van der Waals surface area contributed by atoms with Crippen LogP contribution in [0.2, 0.25) is 0 Å². The maximum Gasteiger partial charge on any atom is 0.404 e. The quantitative estimate of drug-likeness (QED) is 0.433. The first-order valence-corrected chi connectivity index (χ1v) is 5.85. The van der Waals surface area contributed by atoms with E-state index in [1.165, 1.54) is 19.1 Å². The third-order valence-corrected chi connectivity index (χ3v) is 2.50. The van der Waals surface area contributed by atoms with Gasteiger partial charge in [-0.2, -0.15) is 0 Å². The number of hydrogen-bond donors (Lipinski definition) is 4. The molecule has 10 nitrogen and oxygen atoms in total. The Kier molecular flexibility index (Phi) is 5.55. The van der Waals surface area contributed by atoms with Crippen molar-refractivity contribution in [1.82, 2.24) is 10.3 Å². The van der Waals surface area contributed by atoms with Gasteiger partial charge in [0.2, 0.25) is 5.91 Å². The Balaban J connectivity index is 2.68. The van der Waals surface area contributed by atoms with Gasteiger partial charge in [-0.25, -0.2) is 9.78 Å². The van der Waals surface area contributed by atoms with Crippen molar-refractivity contribution in [2.24, 2.45) is 0 Å². The summed E-state index contributed by atoms with van der Waals surface area (Å²) in [6, 6.07) is 1.53. The summed E-state index contributed by atoms with van der Waals surface area (Å²) in [5.41, 5.74) is -0.0334. The third kappa shape index (κ3) is 5.03. The van der Waals surface area contributed by atoms with E-state index < -0.39 is 29.6 Å². The highest BCUT2D eigenvalue weighted by atomic mass is 16.6. The first kappa shape index (κ1) is 16.3. The topological polar surface area (TPSA) is 155 Å². The molecule has 0 saturated carbocycles. The largest absolute Gasteiger partial charge is 0.465 e. The zero-order chi connectivity index (χ0) is 16.0. The fraction of sp³-hybridized carbons (Fsp3) is 0.364. The lowest BCUT2D eigenvalue weighted by Gasteiger charge is -2.13. The van der Waals surface area contributed by atoms with Gasteiger partial charge < -0.3 is 20.8 Å². The van der Waals surface area contributed by atoms with Crippen molar-refractivity contribution >= 4 is 23.5 Å². The number of aromatic nitrogens is 1. The summed E-state index contributed by atoms with van der Waals surface area (Å²) in [7, 11) is 0. The smallest absolute Gasteiger partial charge is 0.404 e. The van der Waals surface area contributed by atoms with Crippen LogP contribution in [0.3, 0.4) is 0 Å². The number of nitrogens with one attached hydrogen (secondary N) is 2. The summed E-state index contributed by atoms with van der Waals surface area (Å²) in [5.74, 6) is -0.473. The van der Waals surface area contributed by atoms with E-state index in [2.05, 4.69) is 10.3 Å². The molecule has 1 aromatic rings. The number of aryl methyl sites for hydroxylation is 1. The van der Waals surface area contributed by atoms with Crippen LogP contribution in [0.15, 0.2) is 12.1 Å². The second-order valence-electron chi connectivity index (χ2n) is 4.14. The number of anilines is 1. The molecule has 1 unspecified atom stereocenters. The highest BCUT2D eigenvalue weighted by Gasteiger charge is 2.17. The van der Waals surface area contributed by atoms with E-state index in [4.69, 9.17) is 10.2 Å². The number of carbonyl (C=O) groups excluding carboxylic acids is 1. The molecule has 0 spiro atoms. The van der Waals surface area contributed by atoms with Crippen LogP contribution in [0.1, 0.15) is 12.1 Å². The van der Waals surface area contributed by atoms with Gasteiger partial charge in [0.1, 0.15) is 11.5 Å². The minimum atomic E-state index is -1.36. The van der Waals surface area contributed by atoms with Crippen molar-refractivity contribution in [2.45, 2.75) is 19.4 Å². The van der Waals surface area contributed by atoms with Gasteiger partial charge in [0.25, 0.3) is 5.69 Å². The van der Waals surface area contributed by atoms with Crippen LogP contribution in [-0.2, 0) is 4.79 Å². The summed E-state index contributed by atoms with van der Waals surface area (Å²) < 4.78 is 0. The van der Waals surface area contributed by atoms with E-state index in [0.717, 1.165) is 0 Å². The highest BCUT2D eigenvalue weighted by Crippen LogP contribution is 2.17. The molecule has 1 heterocycles. The maximum atomic E-state index is 11.7. The molecule has 0 fully saturated rings. The first-order valence-electron chi connectivity index (χ1n) is 5.85. The van der Waals surface area contributed by atoms with Gasteiger partial charge in [-0.3, -0.25) is 14.9 Å². The fourth-order valence-electron chi connectivity index (χ4n) is 1.57. The van der Waals surface area contributed by atoms with Crippen molar-refractivity contribution < 1.29 is 24.7 Å². The monoisotopic (exact) mass is 298 g/mol. The molecule has 114 valence electrons. The average Bonchev–Trinajstić information content (AvgIpc) is 2.36. The normalized spacial score (nSPS) is 11.5. The Hall–Kier alpha value is -2.75. The number of aliphatic hydroxyl groups excluding tert-OH is 1. The van der Waals surface area contributed by atoms with E-state index in [1.54, 1.807) is 0 Å². The summed E-state index contributed by atoms with van der Waals surface area (Å²) in [6.07, 6.45) is -1.65. The predicted molar refractivity (Wildman–Crippen MR) is 70.9 cm³/mol. The summed E-state index contributed by atoms with van der Waals surface area (Å²) >= 11 is 0. The highest BCUT2D eigenvalue weighted by molar-refractivity contribution is 5.90. The molecular formula is C11H14N4O6. The van der Waals surface area contributed by atoms with E-state index >= 15 is 0 Å². The molecule has 0 aliphatic heterocycles. The van der Waals surface area contributed by atoms with Gasteiger partial charge in [0.15, 0.2) is 0 Å². The molecule has 0 radical (unpaired) electrons. The molecule has 0 aliphatic rings. The van der Waals surface area contributed by atoms with Gasteiger partial charge in [-0.1, -0.05) is 0 Å². The zero-order valence-electron chi connectivity index (χ0n) is 11.1. The van der Waals surface area contributed by atoms with Crippen LogP contribution in [0, 0.1) is 17.0 Å². The van der Waals surface area contributed by atoms with Crippen LogP contribution in [0.5, 0.6) is 0 Å². The Morgan fingerprint density at radius 1 is 1.48 bits per heavy atom. The average molecular weight is 298 g/mol. The predicted octanol–water partition coefficient (Wildman–Crippen LogP) is 0.255. The maximum absolute atomic E-state index is 11.7. The SMILES string of the molecule is Cc1nc(NC(=O)CC(CO)NC(=O)O)ccc1[N+](=O)[O-]. The van der Waals surface area contributed by atoms with Gasteiger partial charge in [0.05, 0.1) is 17.6 Å². The zero-order valence-corrected chi connectivity index (χ0v) is 11.1. The van der Waals surface area contributed by atoms with Crippen molar-refractivity contribution in [2.75, 3.05) is 11.9 Å². The van der Waals surface area contributed by atoms with Crippen LogP contribution in [0.4, 0.5) is 16.3 Å². The Labute approximate surface area is 119 Å². The van der Waals surface area contributed by atoms with Crippen molar-refractivity contribution in [3.63, 3.8) is 0 Å². The summed E-state index contributed by atoms with van der Waals surface area (Å²) in [6.45, 7) is 0.892. The van der Waals surface area contributed by atoms with E-state index in [0.29, 0.717) is 0 Å². The van der Waals surface area contributed by atoms with Crippen LogP contribution < -0.4 is 10.6 Å². The van der Waals surface area contributed by atoms with Gasteiger partial charge in [-0.05, 0) is 13.0 Å². The van der Waals surface area contributed by atoms with Crippen molar-refractivity contribution in [3.8, 4) is 0 Å². The molecule has 2 amide bonds. The Bertz CT molecular complexity index is 562. The standard InChI is InChI=1S/C11H14N4O6/c1-6-8(15(20)21)2-3-9(12-6)14-10(17)4-7(5-16)13-11(18)19/h2-3,7,13,16H,4-5H2,1H3,(H,18,19)(H,12,14,17). The molecule has 1 atom stereocenters. The number of carboxylic acid groups (broad SMARTS) is 1. The second kappa shape index (κ2) is 7.14. The number of pyridine rings is 1. The Morgan fingerprint density at radius 3 is 2.62 bits per heavy atom. The molecule has 4 N–H and O–H groups in total.